The number of fused-ring (bicyclic) bond motifs is 1. The van der Waals surface area contributed by atoms with Gasteiger partial charge < -0.3 is 30.5 Å². The summed E-state index contributed by atoms with van der Waals surface area (Å²) in [5.41, 5.74) is 4.24. The Bertz CT molecular complexity index is 1370. The summed E-state index contributed by atoms with van der Waals surface area (Å²) in [4.78, 5) is 18.6. The average molecular weight is 589 g/mol. The highest BCUT2D eigenvalue weighted by Gasteiger charge is 2.27. The van der Waals surface area contributed by atoms with Crippen LogP contribution in [0.2, 0.25) is 0 Å². The first-order valence-corrected chi connectivity index (χ1v) is 16.1. The summed E-state index contributed by atoms with van der Waals surface area (Å²) in [5, 5.41) is 11.0. The molecule has 2 saturated heterocycles. The summed E-state index contributed by atoms with van der Waals surface area (Å²) < 4.78 is 5.85. The van der Waals surface area contributed by atoms with Gasteiger partial charge in [0, 0.05) is 79.3 Å². The second-order valence-electron chi connectivity index (χ2n) is 11.8. The number of benzene rings is 2. The number of ether oxygens (including phenoxy) is 1. The highest BCUT2D eigenvalue weighted by molar-refractivity contribution is 8.00. The van der Waals surface area contributed by atoms with E-state index in [-0.39, 0.29) is 0 Å². The van der Waals surface area contributed by atoms with Crippen molar-refractivity contribution in [3.63, 3.8) is 0 Å². The van der Waals surface area contributed by atoms with Crippen LogP contribution in [-0.4, -0.2) is 91.0 Å². The number of anilines is 6. The van der Waals surface area contributed by atoms with Gasteiger partial charge in [0.25, 0.3) is 0 Å². The molecule has 0 unspecified atom stereocenters. The molecule has 1 aromatic heterocycles. The molecule has 10 heteroatoms. The number of aromatic nitrogens is 2. The summed E-state index contributed by atoms with van der Waals surface area (Å²) in [6.45, 7) is 12.2. The molecule has 42 heavy (non-hydrogen) atoms. The fourth-order valence-corrected chi connectivity index (χ4v) is 7.07. The molecule has 0 spiro atoms. The second kappa shape index (κ2) is 13.0. The topological polar surface area (TPSA) is 80.8 Å². The molecule has 2 aromatic carbocycles. The first-order chi connectivity index (χ1) is 20.5. The van der Waals surface area contributed by atoms with Crippen molar-refractivity contribution >= 4 is 46.4 Å². The Morgan fingerprint density at radius 3 is 2.50 bits per heavy atom. The van der Waals surface area contributed by atoms with E-state index in [4.69, 9.17) is 14.7 Å². The largest absolute Gasteiger partial charge is 0.494 e. The van der Waals surface area contributed by atoms with Gasteiger partial charge in [0.2, 0.25) is 5.95 Å². The summed E-state index contributed by atoms with van der Waals surface area (Å²) in [6.07, 6.45) is 3.30. The third kappa shape index (κ3) is 6.55. The number of nitrogens with zero attached hydrogens (tertiary/aromatic N) is 5. The Labute approximate surface area is 254 Å². The van der Waals surface area contributed by atoms with Crippen LogP contribution < -0.4 is 25.6 Å². The summed E-state index contributed by atoms with van der Waals surface area (Å²) in [5.74, 6) is 3.04. The third-order valence-corrected chi connectivity index (χ3v) is 9.57. The van der Waals surface area contributed by atoms with Crippen molar-refractivity contribution < 1.29 is 4.74 Å². The third-order valence-electron chi connectivity index (χ3n) is 8.49. The molecule has 6 rings (SSSR count). The number of para-hydroxylation sites is 1. The molecular formula is C32H44N8OS. The lowest BCUT2D eigenvalue weighted by atomic mass is 10.0. The molecule has 0 atom stereocenters. The summed E-state index contributed by atoms with van der Waals surface area (Å²) in [7, 11) is 3.95. The van der Waals surface area contributed by atoms with Crippen LogP contribution >= 0.6 is 11.8 Å². The van der Waals surface area contributed by atoms with Crippen LogP contribution in [0.1, 0.15) is 32.3 Å². The monoisotopic (exact) mass is 588 g/mol. The lowest BCUT2D eigenvalue weighted by Crippen LogP contribution is -2.52. The lowest BCUT2D eigenvalue weighted by Gasteiger charge is -2.42. The number of nitrogens with one attached hydrogen (secondary N) is 3. The molecule has 9 nitrogen and oxygen atoms in total. The van der Waals surface area contributed by atoms with E-state index < -0.39 is 0 Å². The Kier molecular flexibility index (Phi) is 8.92. The number of likely N-dealkylation sites (N-methyl/N-ethyl adjacent to an activating group) is 1. The van der Waals surface area contributed by atoms with Gasteiger partial charge in [0.05, 0.1) is 18.5 Å². The minimum Gasteiger partial charge on any atom is -0.494 e. The summed E-state index contributed by atoms with van der Waals surface area (Å²) >= 11 is 1.85. The predicted molar refractivity (Wildman–Crippen MR) is 176 cm³/mol. The average Bonchev–Trinajstić information content (AvgIpc) is 3.48. The zero-order chi connectivity index (χ0) is 29.1. The van der Waals surface area contributed by atoms with E-state index in [1.807, 2.05) is 11.8 Å². The Balaban J connectivity index is 1.17. The molecule has 0 aliphatic carbocycles. The Hall–Kier alpha value is -3.21. The molecule has 3 aliphatic heterocycles. The molecule has 0 radical (unpaired) electrons. The molecule has 3 aliphatic rings. The molecule has 4 heterocycles. The van der Waals surface area contributed by atoms with Gasteiger partial charge in [-0.05, 0) is 50.6 Å². The van der Waals surface area contributed by atoms with Gasteiger partial charge in [-0.3, -0.25) is 4.90 Å². The van der Waals surface area contributed by atoms with Gasteiger partial charge in [-0.2, -0.15) is 9.97 Å². The quantitative estimate of drug-likeness (QED) is 0.273. The predicted octanol–water partition coefficient (Wildman–Crippen LogP) is 5.66. The van der Waals surface area contributed by atoms with E-state index >= 15 is 0 Å². The van der Waals surface area contributed by atoms with Gasteiger partial charge >= 0.3 is 0 Å². The normalized spacial score (nSPS) is 18.2. The Morgan fingerprint density at radius 2 is 1.74 bits per heavy atom. The van der Waals surface area contributed by atoms with E-state index in [1.54, 1.807) is 7.11 Å². The summed E-state index contributed by atoms with van der Waals surface area (Å²) in [6, 6.07) is 15.5. The highest BCUT2D eigenvalue weighted by atomic mass is 32.2. The Morgan fingerprint density at radius 1 is 0.952 bits per heavy atom. The van der Waals surface area contributed by atoms with E-state index in [9.17, 15) is 0 Å². The highest BCUT2D eigenvalue weighted by Crippen LogP contribution is 2.37. The number of hydrogen-bond acceptors (Lipinski definition) is 10. The minimum absolute atomic E-state index is 0.488. The van der Waals surface area contributed by atoms with Gasteiger partial charge in [-0.1, -0.05) is 26.0 Å². The standard InChI is InChI=1S/C32H44N8OS/c1-22(2)42-29-8-6-5-7-27(29)34-31-25-11-14-33-30(25)36-32(37-31)35-26-10-9-24(21-28(26)41-4)39-15-12-23(13-16-39)40-19-17-38(3)18-20-40/h5-10,21-23H,11-20H2,1-4H3,(H3,33,34,35,36,37). The maximum absolute atomic E-state index is 5.85. The lowest BCUT2D eigenvalue weighted by molar-refractivity contribution is 0.0982. The SMILES string of the molecule is COc1cc(N2CCC(N3CCN(C)CC3)CC2)ccc1Nc1nc2c(c(Nc3ccccc3SC(C)C)n1)CCN2. The van der Waals surface area contributed by atoms with Crippen molar-refractivity contribution in [2.75, 3.05) is 80.8 Å². The molecule has 2 fully saturated rings. The smallest absolute Gasteiger partial charge is 0.231 e. The van der Waals surface area contributed by atoms with Crippen LogP contribution in [0.25, 0.3) is 0 Å². The van der Waals surface area contributed by atoms with Crippen molar-refractivity contribution in [1.29, 1.82) is 0 Å². The fourth-order valence-electron chi connectivity index (χ4n) is 6.16. The van der Waals surface area contributed by atoms with Gasteiger partial charge in [0.15, 0.2) is 0 Å². The van der Waals surface area contributed by atoms with Crippen molar-refractivity contribution in [2.45, 2.75) is 49.3 Å². The number of methoxy groups -OCH3 is 1. The first-order valence-electron chi connectivity index (χ1n) is 15.3. The maximum Gasteiger partial charge on any atom is 0.231 e. The molecular weight excluding hydrogens is 544 g/mol. The van der Waals surface area contributed by atoms with E-state index in [1.165, 1.54) is 49.6 Å². The van der Waals surface area contributed by atoms with Crippen molar-refractivity contribution in [3.05, 3.63) is 48.0 Å². The maximum atomic E-state index is 5.85. The van der Waals surface area contributed by atoms with Crippen molar-refractivity contribution in [2.24, 2.45) is 0 Å². The van der Waals surface area contributed by atoms with Crippen LogP contribution in [0.15, 0.2) is 47.4 Å². The molecule has 3 aromatic rings. The number of thioether (sulfide) groups is 1. The molecule has 0 saturated carbocycles. The zero-order valence-corrected chi connectivity index (χ0v) is 26.1. The van der Waals surface area contributed by atoms with Crippen LogP contribution in [0.5, 0.6) is 5.75 Å². The first kappa shape index (κ1) is 28.9. The van der Waals surface area contributed by atoms with Crippen LogP contribution in [0.4, 0.5) is 34.6 Å². The molecule has 0 amide bonds. The molecule has 0 bridgehead atoms. The second-order valence-corrected chi connectivity index (χ2v) is 13.4. The minimum atomic E-state index is 0.488. The van der Waals surface area contributed by atoms with Crippen molar-refractivity contribution in [1.82, 2.24) is 19.8 Å². The zero-order valence-electron chi connectivity index (χ0n) is 25.3. The number of hydrogen-bond donors (Lipinski definition) is 3. The molecule has 224 valence electrons. The number of piperazine rings is 1. The van der Waals surface area contributed by atoms with E-state index in [0.29, 0.717) is 17.2 Å². The van der Waals surface area contributed by atoms with Crippen LogP contribution in [0, 0.1) is 0 Å². The van der Waals surface area contributed by atoms with Gasteiger partial charge in [-0.15, -0.1) is 11.8 Å². The van der Waals surface area contributed by atoms with Crippen LogP contribution in [0.3, 0.4) is 0 Å². The number of piperidine rings is 1. The fraction of sp³-hybridized carbons (Fsp3) is 0.500. The van der Waals surface area contributed by atoms with E-state index in [0.717, 1.165) is 60.4 Å². The molecule has 3 N–H and O–H groups in total. The van der Waals surface area contributed by atoms with Crippen LogP contribution in [-0.2, 0) is 6.42 Å². The van der Waals surface area contributed by atoms with Crippen molar-refractivity contribution in [3.8, 4) is 5.75 Å². The van der Waals surface area contributed by atoms with E-state index in [2.05, 4.69) is 94.0 Å². The van der Waals surface area contributed by atoms with Gasteiger partial charge in [0.1, 0.15) is 17.4 Å². The number of rotatable bonds is 9. The van der Waals surface area contributed by atoms with Gasteiger partial charge in [-0.25, -0.2) is 0 Å².